The summed E-state index contributed by atoms with van der Waals surface area (Å²) in [4.78, 5) is 0. The molecule has 57 valence electrons. The lowest BCUT2D eigenvalue weighted by Gasteiger charge is -2.03. The highest BCUT2D eigenvalue weighted by atomic mass is 14.0. The van der Waals surface area contributed by atoms with Crippen molar-refractivity contribution >= 4 is 0 Å². The molecular formula is C10H17. The molecule has 0 atom stereocenters. The largest absolute Gasteiger partial charge is 0.0911 e. The third-order valence-corrected chi connectivity index (χ3v) is 1.50. The molecule has 0 N–H and O–H groups in total. The normalized spacial score (nSPS) is 13.5. The van der Waals surface area contributed by atoms with Crippen molar-refractivity contribution in [1.29, 1.82) is 0 Å². The second kappa shape index (κ2) is 5.28. The van der Waals surface area contributed by atoms with Gasteiger partial charge in [0, 0.05) is 0 Å². The summed E-state index contributed by atoms with van der Waals surface area (Å²) in [6.07, 6.45) is 7.51. The summed E-state index contributed by atoms with van der Waals surface area (Å²) in [5.41, 5.74) is 1.44. The summed E-state index contributed by atoms with van der Waals surface area (Å²) in [5, 5.41) is 0. The van der Waals surface area contributed by atoms with Gasteiger partial charge < -0.3 is 0 Å². The first-order chi connectivity index (χ1) is 4.70. The molecule has 0 amide bonds. The summed E-state index contributed by atoms with van der Waals surface area (Å²) in [5.74, 6) is 1.43. The predicted octanol–water partition coefficient (Wildman–Crippen LogP) is 3.51. The van der Waals surface area contributed by atoms with Gasteiger partial charge in [-0.05, 0) is 33.1 Å². The van der Waals surface area contributed by atoms with Crippen LogP contribution in [0.3, 0.4) is 0 Å². The zero-order valence-corrected chi connectivity index (χ0v) is 7.44. The molecule has 0 rings (SSSR count). The quantitative estimate of drug-likeness (QED) is 0.522. The van der Waals surface area contributed by atoms with E-state index in [2.05, 4.69) is 45.9 Å². The Morgan fingerprint density at radius 3 is 2.20 bits per heavy atom. The van der Waals surface area contributed by atoms with E-state index in [1.807, 2.05) is 0 Å². The van der Waals surface area contributed by atoms with E-state index >= 15 is 0 Å². The molecule has 0 unspecified atom stereocenters. The van der Waals surface area contributed by atoms with Crippen molar-refractivity contribution in [2.75, 3.05) is 0 Å². The average molecular weight is 137 g/mol. The molecule has 0 spiro atoms. The SMILES string of the molecule is CC=C[C](C)CC(C)=CC. The van der Waals surface area contributed by atoms with Crippen LogP contribution in [0.1, 0.15) is 34.1 Å². The van der Waals surface area contributed by atoms with Gasteiger partial charge in [0.1, 0.15) is 0 Å². The lowest BCUT2D eigenvalue weighted by atomic mass is 10.0. The van der Waals surface area contributed by atoms with E-state index in [0.29, 0.717) is 0 Å². The van der Waals surface area contributed by atoms with Crippen molar-refractivity contribution in [3.8, 4) is 0 Å². The Balaban J connectivity index is 3.68. The maximum atomic E-state index is 2.16. The lowest BCUT2D eigenvalue weighted by molar-refractivity contribution is 0.996. The molecule has 0 saturated carbocycles. The Bertz CT molecular complexity index is 129. The van der Waals surface area contributed by atoms with Gasteiger partial charge in [0.05, 0.1) is 0 Å². The van der Waals surface area contributed by atoms with Crippen molar-refractivity contribution in [1.82, 2.24) is 0 Å². The Kier molecular flexibility index (Phi) is 5.00. The van der Waals surface area contributed by atoms with Crippen molar-refractivity contribution in [2.24, 2.45) is 0 Å². The molecule has 1 radical (unpaired) electrons. The molecule has 0 aliphatic rings. The summed E-state index contributed by atoms with van der Waals surface area (Å²) >= 11 is 0. The van der Waals surface area contributed by atoms with Crippen molar-refractivity contribution < 1.29 is 0 Å². The molecular weight excluding hydrogens is 120 g/mol. The third-order valence-electron chi connectivity index (χ3n) is 1.50. The Hall–Kier alpha value is -0.520. The molecule has 0 nitrogen and oxygen atoms in total. The minimum absolute atomic E-state index is 1.11. The molecule has 0 aromatic heterocycles. The fourth-order valence-corrected chi connectivity index (χ4v) is 0.885. The number of hydrogen-bond donors (Lipinski definition) is 0. The van der Waals surface area contributed by atoms with Crippen molar-refractivity contribution in [2.45, 2.75) is 34.1 Å². The van der Waals surface area contributed by atoms with E-state index in [0.717, 1.165) is 6.42 Å². The van der Waals surface area contributed by atoms with E-state index in [-0.39, 0.29) is 0 Å². The van der Waals surface area contributed by atoms with E-state index in [1.54, 1.807) is 0 Å². The Morgan fingerprint density at radius 1 is 1.20 bits per heavy atom. The van der Waals surface area contributed by atoms with Gasteiger partial charge in [-0.25, -0.2) is 0 Å². The molecule has 0 aromatic carbocycles. The molecule has 0 aliphatic carbocycles. The first kappa shape index (κ1) is 9.48. The topological polar surface area (TPSA) is 0 Å². The number of rotatable bonds is 3. The standard InChI is InChI=1S/C10H17/c1-5-7-10(4)8-9(3)6-2/h5-7H,8H2,1-4H3. The summed E-state index contributed by atoms with van der Waals surface area (Å²) in [7, 11) is 0. The minimum atomic E-state index is 1.11. The van der Waals surface area contributed by atoms with Crippen LogP contribution in [0.4, 0.5) is 0 Å². The van der Waals surface area contributed by atoms with Gasteiger partial charge in [-0.2, -0.15) is 0 Å². The summed E-state index contributed by atoms with van der Waals surface area (Å²) < 4.78 is 0. The van der Waals surface area contributed by atoms with E-state index < -0.39 is 0 Å². The van der Waals surface area contributed by atoms with Gasteiger partial charge in [0.25, 0.3) is 0 Å². The number of hydrogen-bond acceptors (Lipinski definition) is 0. The van der Waals surface area contributed by atoms with Gasteiger partial charge >= 0.3 is 0 Å². The van der Waals surface area contributed by atoms with Gasteiger partial charge in [-0.3, -0.25) is 0 Å². The van der Waals surface area contributed by atoms with Crippen LogP contribution in [0.25, 0.3) is 0 Å². The van der Waals surface area contributed by atoms with Crippen LogP contribution in [0.2, 0.25) is 0 Å². The monoisotopic (exact) mass is 137 g/mol. The molecule has 0 heterocycles. The average Bonchev–Trinajstić information content (AvgIpc) is 1.88. The van der Waals surface area contributed by atoms with Gasteiger partial charge in [-0.15, -0.1) is 0 Å². The molecule has 0 aliphatic heterocycles. The summed E-state index contributed by atoms with van der Waals surface area (Å²) in [6, 6.07) is 0. The minimum Gasteiger partial charge on any atom is -0.0911 e. The van der Waals surface area contributed by atoms with Crippen LogP contribution in [0.5, 0.6) is 0 Å². The second-order valence-corrected chi connectivity index (χ2v) is 2.66. The van der Waals surface area contributed by atoms with Crippen LogP contribution in [-0.4, -0.2) is 0 Å². The molecule has 0 aromatic rings. The third kappa shape index (κ3) is 4.37. The van der Waals surface area contributed by atoms with E-state index in [9.17, 15) is 0 Å². The fraction of sp³-hybridized carbons (Fsp3) is 0.500. The maximum absolute atomic E-state index is 2.16. The highest BCUT2D eigenvalue weighted by Crippen LogP contribution is 2.13. The van der Waals surface area contributed by atoms with Crippen LogP contribution in [0.15, 0.2) is 23.8 Å². The lowest BCUT2D eigenvalue weighted by Crippen LogP contribution is -1.86. The smallest absolute Gasteiger partial charge is 0.00183 e. The highest BCUT2D eigenvalue weighted by molar-refractivity contribution is 5.14. The number of allylic oxidation sites excluding steroid dienone is 4. The van der Waals surface area contributed by atoms with Crippen LogP contribution >= 0.6 is 0 Å². The first-order valence-corrected chi connectivity index (χ1v) is 3.77. The molecule has 0 bridgehead atoms. The fourth-order valence-electron chi connectivity index (χ4n) is 0.885. The predicted molar refractivity (Wildman–Crippen MR) is 47.8 cm³/mol. The summed E-state index contributed by atoms with van der Waals surface area (Å²) in [6.45, 7) is 8.45. The van der Waals surface area contributed by atoms with Gasteiger partial charge in [0.15, 0.2) is 0 Å². The highest BCUT2D eigenvalue weighted by Gasteiger charge is 1.96. The second-order valence-electron chi connectivity index (χ2n) is 2.66. The molecule has 0 saturated heterocycles. The first-order valence-electron chi connectivity index (χ1n) is 3.77. The van der Waals surface area contributed by atoms with Gasteiger partial charge in [0.2, 0.25) is 0 Å². The van der Waals surface area contributed by atoms with Crippen LogP contribution < -0.4 is 0 Å². The van der Waals surface area contributed by atoms with Gasteiger partial charge in [-0.1, -0.05) is 30.7 Å². The van der Waals surface area contributed by atoms with Crippen molar-refractivity contribution in [3.05, 3.63) is 29.7 Å². The molecule has 0 fully saturated rings. The van der Waals surface area contributed by atoms with Crippen molar-refractivity contribution in [3.63, 3.8) is 0 Å². The Morgan fingerprint density at radius 2 is 1.80 bits per heavy atom. The molecule has 0 heteroatoms. The van der Waals surface area contributed by atoms with E-state index in [1.165, 1.54) is 11.5 Å². The molecule has 10 heavy (non-hydrogen) atoms. The Labute approximate surface area is 64.6 Å². The zero-order valence-electron chi connectivity index (χ0n) is 7.44. The van der Waals surface area contributed by atoms with Crippen LogP contribution in [-0.2, 0) is 0 Å². The van der Waals surface area contributed by atoms with E-state index in [4.69, 9.17) is 0 Å². The maximum Gasteiger partial charge on any atom is -0.00183 e. The van der Waals surface area contributed by atoms with Crippen LogP contribution in [0, 0.1) is 5.92 Å². The zero-order chi connectivity index (χ0) is 7.98.